The van der Waals surface area contributed by atoms with Crippen LogP contribution in [0.5, 0.6) is 0 Å². The van der Waals surface area contributed by atoms with E-state index in [2.05, 4.69) is 0 Å². The van der Waals surface area contributed by atoms with Crippen molar-refractivity contribution < 1.29 is 42.7 Å². The van der Waals surface area contributed by atoms with Crippen molar-refractivity contribution >= 4 is 20.2 Å². The maximum atomic E-state index is 10.5. The predicted octanol–water partition coefficient (Wildman–Crippen LogP) is 5.72. The predicted molar refractivity (Wildman–Crippen MR) is 107 cm³/mol. The van der Waals surface area contributed by atoms with Crippen LogP contribution in [-0.4, -0.2) is 25.9 Å². The van der Waals surface area contributed by atoms with Crippen molar-refractivity contribution in [3.8, 4) is 0 Å². The molecule has 166 valence electrons. The minimum absolute atomic E-state index is 0. The molecule has 0 aliphatic heterocycles. The Morgan fingerprint density at radius 1 is 0.643 bits per heavy atom. The molecule has 11 nitrogen and oxygen atoms in total. The Hall–Kier alpha value is -1.43. The maximum Gasteiger partial charge on any atom is 3.00 e. The average Bonchev–Trinajstić information content (AvgIpc) is 2.38. The molecule has 0 heterocycles. The fourth-order valence-corrected chi connectivity index (χ4v) is 2.36. The van der Waals surface area contributed by atoms with Crippen molar-refractivity contribution in [1.29, 1.82) is 0 Å². The smallest absolute Gasteiger partial charge is 0.744 e. The molecule has 0 unspecified atom stereocenters. The van der Waals surface area contributed by atoms with E-state index in [-0.39, 0.29) is 57.3 Å². The van der Waals surface area contributed by atoms with Crippen molar-refractivity contribution in [2.75, 3.05) is 0 Å². The van der Waals surface area contributed by atoms with E-state index < -0.39 is 20.2 Å². The van der Waals surface area contributed by atoms with E-state index in [0.29, 0.717) is 0 Å². The van der Waals surface area contributed by atoms with Crippen LogP contribution in [0.15, 0.2) is 58.3 Å². The molecule has 0 saturated carbocycles. The molecule has 0 aliphatic rings. The molecule has 2 aromatic rings. The Bertz CT molecular complexity index is 771. The van der Waals surface area contributed by atoms with Gasteiger partial charge in [0.15, 0.2) is 0 Å². The molecule has 0 saturated heterocycles. The number of hydrogen-bond acceptors (Lipinski definition) is 5. The standard InChI is InChI=1S/2C7H8O3S.Co.5H2N/c2*1-6-2-4-7(5-3-6)11(8,9)10;;;;;;/h2*2-5H,1H3,(H,8,9,10);;5*1H2/q;;+3;5*-1/p-1. The summed E-state index contributed by atoms with van der Waals surface area (Å²) in [6.07, 6.45) is 0. The van der Waals surface area contributed by atoms with Crippen LogP contribution in [0.1, 0.15) is 11.1 Å². The molecule has 2 rings (SSSR count). The van der Waals surface area contributed by atoms with Crippen LogP contribution in [0, 0.1) is 13.8 Å². The molecule has 0 bridgehead atoms. The minimum Gasteiger partial charge on any atom is -0.744 e. The van der Waals surface area contributed by atoms with Gasteiger partial charge in [0.05, 0.1) is 9.79 Å². The first kappa shape index (κ1) is 41.1. The number of rotatable bonds is 2. The molecule has 11 N–H and O–H groups in total. The van der Waals surface area contributed by atoms with Crippen LogP contribution in [0.4, 0.5) is 0 Å². The fourth-order valence-electron chi connectivity index (χ4n) is 1.42. The summed E-state index contributed by atoms with van der Waals surface area (Å²) in [5, 5.41) is 0. The Kier molecular flexibility index (Phi) is 24.2. The van der Waals surface area contributed by atoms with Gasteiger partial charge in [-0.25, -0.2) is 8.42 Å². The summed E-state index contributed by atoms with van der Waals surface area (Å²) in [6, 6.07) is 11.8. The number of aryl methyl sites for hydroxylation is 2. The largest absolute Gasteiger partial charge is 3.00 e. The van der Waals surface area contributed by atoms with Gasteiger partial charge in [0, 0.05) is 0 Å². The van der Waals surface area contributed by atoms with Gasteiger partial charge >= 0.3 is 16.8 Å². The van der Waals surface area contributed by atoms with Crippen LogP contribution < -0.4 is 0 Å². The van der Waals surface area contributed by atoms with Crippen LogP contribution in [0.25, 0.3) is 30.8 Å². The summed E-state index contributed by atoms with van der Waals surface area (Å²) in [4.78, 5) is -0.244. The third kappa shape index (κ3) is 14.6. The van der Waals surface area contributed by atoms with Gasteiger partial charge in [-0.05, 0) is 38.1 Å². The zero-order valence-electron chi connectivity index (χ0n) is 15.1. The van der Waals surface area contributed by atoms with Gasteiger partial charge in [0.25, 0.3) is 10.1 Å². The summed E-state index contributed by atoms with van der Waals surface area (Å²) >= 11 is 0. The normalized spacial score (nSPS) is 9.00. The topological polar surface area (TPSA) is 279 Å². The Labute approximate surface area is 176 Å². The summed E-state index contributed by atoms with van der Waals surface area (Å²) in [7, 11) is -8.29. The van der Waals surface area contributed by atoms with Gasteiger partial charge in [0.1, 0.15) is 10.1 Å². The quantitative estimate of drug-likeness (QED) is 0.521. The molecular weight excluding hydrogens is 457 g/mol. The number of hydrogen-bond donors (Lipinski definition) is 1. The van der Waals surface area contributed by atoms with Gasteiger partial charge in [0.2, 0.25) is 0 Å². The number of nitrogens with two attached hydrogens (primary N) is 5. The molecule has 0 atom stereocenters. The van der Waals surface area contributed by atoms with Crippen LogP contribution in [0.2, 0.25) is 0 Å². The molecular formula is C14H25CoN5O6S2-3. The van der Waals surface area contributed by atoms with Gasteiger partial charge in [-0.3, -0.25) is 4.55 Å². The first-order valence-corrected chi connectivity index (χ1v) is 8.92. The Morgan fingerprint density at radius 2 is 0.893 bits per heavy atom. The molecule has 0 aromatic heterocycles. The summed E-state index contributed by atoms with van der Waals surface area (Å²) in [5.74, 6) is 0. The van der Waals surface area contributed by atoms with E-state index >= 15 is 0 Å². The van der Waals surface area contributed by atoms with Crippen molar-refractivity contribution in [3.63, 3.8) is 0 Å². The van der Waals surface area contributed by atoms with Crippen molar-refractivity contribution in [2.24, 2.45) is 0 Å². The van der Waals surface area contributed by atoms with Gasteiger partial charge in [-0.2, -0.15) is 8.42 Å². The van der Waals surface area contributed by atoms with Crippen molar-refractivity contribution in [1.82, 2.24) is 0 Å². The molecule has 0 radical (unpaired) electrons. The van der Waals surface area contributed by atoms with E-state index in [9.17, 15) is 21.4 Å². The number of benzene rings is 2. The summed E-state index contributed by atoms with van der Waals surface area (Å²) < 4.78 is 60.7. The molecule has 0 fully saturated rings. The van der Waals surface area contributed by atoms with E-state index in [1.807, 2.05) is 13.8 Å². The molecule has 2 aromatic carbocycles. The van der Waals surface area contributed by atoms with E-state index in [1.54, 1.807) is 24.3 Å². The molecule has 0 aliphatic carbocycles. The average molecular weight is 482 g/mol. The third-order valence-electron chi connectivity index (χ3n) is 2.63. The van der Waals surface area contributed by atoms with E-state index in [0.717, 1.165) is 11.1 Å². The molecule has 0 spiro atoms. The summed E-state index contributed by atoms with van der Waals surface area (Å²) in [5.41, 5.74) is 1.88. The van der Waals surface area contributed by atoms with Crippen LogP contribution >= 0.6 is 0 Å². The van der Waals surface area contributed by atoms with Crippen LogP contribution in [-0.2, 0) is 37.0 Å². The van der Waals surface area contributed by atoms with Gasteiger partial charge < -0.3 is 35.3 Å². The SMILES string of the molecule is Cc1ccc(S(=O)(=O)O)cc1.Cc1ccc(S(=O)(=O)[O-])cc1.[Co+3].[NH2-].[NH2-].[NH2-].[NH2-].[NH2-]. The van der Waals surface area contributed by atoms with E-state index in [4.69, 9.17) is 4.55 Å². The first-order chi connectivity index (χ1) is 10.00. The second-order valence-corrected chi connectivity index (χ2v) is 7.36. The fraction of sp³-hybridized carbons (Fsp3) is 0.143. The van der Waals surface area contributed by atoms with E-state index in [1.165, 1.54) is 24.3 Å². The van der Waals surface area contributed by atoms with Crippen LogP contribution in [0.3, 0.4) is 0 Å². The van der Waals surface area contributed by atoms with Gasteiger partial charge in [-0.1, -0.05) is 35.4 Å². The second-order valence-electron chi connectivity index (χ2n) is 4.56. The monoisotopic (exact) mass is 482 g/mol. The summed E-state index contributed by atoms with van der Waals surface area (Å²) in [6.45, 7) is 3.66. The van der Waals surface area contributed by atoms with Crippen molar-refractivity contribution in [2.45, 2.75) is 23.6 Å². The van der Waals surface area contributed by atoms with Gasteiger partial charge in [-0.15, -0.1) is 0 Å². The first-order valence-electron chi connectivity index (χ1n) is 6.07. The molecule has 0 amide bonds. The second kappa shape index (κ2) is 16.5. The minimum atomic E-state index is -4.27. The molecule has 14 heteroatoms. The van der Waals surface area contributed by atoms with Crippen molar-refractivity contribution in [3.05, 3.63) is 90.4 Å². The Morgan fingerprint density at radius 3 is 1.11 bits per heavy atom. The zero-order chi connectivity index (χ0) is 17.0. The Balaban J connectivity index is -0.0000000712. The maximum absolute atomic E-state index is 10.5. The third-order valence-corrected chi connectivity index (χ3v) is 4.35. The molecule has 28 heavy (non-hydrogen) atoms. The zero-order valence-corrected chi connectivity index (χ0v) is 17.8.